The van der Waals surface area contributed by atoms with Gasteiger partial charge in [-0.05, 0) is 26.2 Å². The Hall–Kier alpha value is -0.160. The van der Waals surface area contributed by atoms with Crippen molar-refractivity contribution in [1.82, 2.24) is 4.90 Å². The van der Waals surface area contributed by atoms with E-state index < -0.39 is 3.92 Å². The molecule has 0 aliphatic carbocycles. The second kappa shape index (κ2) is 5.96. The Morgan fingerprint density at radius 1 is 1.25 bits per heavy atom. The summed E-state index contributed by atoms with van der Waals surface area (Å²) in [7, 11) is 3.78. The van der Waals surface area contributed by atoms with Crippen LogP contribution in [0.3, 0.4) is 0 Å². The molecule has 2 nitrogen and oxygen atoms in total. The maximum Gasteiger partial charge on any atom is 0.323 e. The third-order valence-electron chi connectivity index (χ3n) is 1.67. The first kappa shape index (κ1) is 13.9. The van der Waals surface area contributed by atoms with E-state index in [-0.39, 0.29) is 0 Å². The van der Waals surface area contributed by atoms with Gasteiger partial charge in [0.25, 0.3) is 0 Å². The number of hydrogen-bond acceptors (Lipinski definition) is 3. The summed E-state index contributed by atoms with van der Waals surface area (Å²) in [6.07, 6.45) is 0. The van der Waals surface area contributed by atoms with Gasteiger partial charge in [-0.1, -0.05) is 41.4 Å². The van der Waals surface area contributed by atoms with Crippen LogP contribution in [0, 0.1) is 0 Å². The van der Waals surface area contributed by atoms with E-state index in [0.717, 1.165) is 17.6 Å². The lowest BCUT2D eigenvalue weighted by molar-refractivity contribution is 0.425. The fourth-order valence-corrected chi connectivity index (χ4v) is 2.40. The highest BCUT2D eigenvalue weighted by Gasteiger charge is 2.28. The average Bonchev–Trinajstić information content (AvgIpc) is 2.15. The molecule has 1 aromatic rings. The molecule has 0 N–H and O–H groups in total. The number of hydrogen-bond donors (Lipinski definition) is 0. The normalized spacial score (nSPS) is 11.9. The molecule has 0 aliphatic rings. The van der Waals surface area contributed by atoms with Crippen molar-refractivity contribution in [3.8, 4) is 0 Å². The highest BCUT2D eigenvalue weighted by Crippen LogP contribution is 2.40. The standard InChI is InChI=1S/C10H13Cl2FN2S/c1-14(2)8-15(16-10(11,12)13)9-6-4-3-5-7-9/h3-7H,8H2,1-2H3. The van der Waals surface area contributed by atoms with Gasteiger partial charge in [-0.2, -0.15) is 4.39 Å². The topological polar surface area (TPSA) is 6.48 Å². The van der Waals surface area contributed by atoms with Gasteiger partial charge in [0.05, 0.1) is 6.67 Å². The molecule has 16 heavy (non-hydrogen) atoms. The van der Waals surface area contributed by atoms with Crippen molar-refractivity contribution in [1.29, 1.82) is 0 Å². The minimum Gasteiger partial charge on any atom is -0.297 e. The first-order valence-corrected chi connectivity index (χ1v) is 6.14. The van der Waals surface area contributed by atoms with Crippen LogP contribution in [-0.2, 0) is 0 Å². The molecule has 0 heterocycles. The third-order valence-corrected chi connectivity index (χ3v) is 2.84. The maximum absolute atomic E-state index is 13.2. The summed E-state index contributed by atoms with van der Waals surface area (Å²) >= 11 is 11.5. The summed E-state index contributed by atoms with van der Waals surface area (Å²) in [6.45, 7) is 0.514. The van der Waals surface area contributed by atoms with Crippen molar-refractivity contribution in [2.45, 2.75) is 3.92 Å². The Bertz CT molecular complexity index is 316. The van der Waals surface area contributed by atoms with Gasteiger partial charge in [-0.3, -0.25) is 9.21 Å². The molecule has 0 aromatic heterocycles. The summed E-state index contributed by atoms with van der Waals surface area (Å²) in [6, 6.07) is 9.39. The van der Waals surface area contributed by atoms with E-state index in [0.29, 0.717) is 6.67 Å². The molecule has 0 radical (unpaired) electrons. The van der Waals surface area contributed by atoms with Gasteiger partial charge in [0.1, 0.15) is 0 Å². The average molecular weight is 283 g/mol. The van der Waals surface area contributed by atoms with Crippen molar-refractivity contribution < 1.29 is 4.39 Å². The number of benzene rings is 1. The Labute approximate surface area is 109 Å². The number of rotatable bonds is 5. The molecule has 0 amide bonds. The monoisotopic (exact) mass is 282 g/mol. The van der Waals surface area contributed by atoms with Crippen LogP contribution in [0.1, 0.15) is 0 Å². The van der Waals surface area contributed by atoms with Crippen molar-refractivity contribution in [2.75, 3.05) is 25.1 Å². The number of para-hydroxylation sites is 1. The lowest BCUT2D eigenvalue weighted by Gasteiger charge is -2.28. The van der Waals surface area contributed by atoms with Gasteiger partial charge in [0.2, 0.25) is 0 Å². The quantitative estimate of drug-likeness (QED) is 0.462. The van der Waals surface area contributed by atoms with E-state index in [1.54, 1.807) is 4.31 Å². The molecule has 0 saturated heterocycles. The van der Waals surface area contributed by atoms with Crippen LogP contribution in [-0.4, -0.2) is 29.6 Å². The molecule has 6 heteroatoms. The summed E-state index contributed by atoms with van der Waals surface area (Å²) in [4.78, 5) is 1.90. The molecule has 1 rings (SSSR count). The number of halogens is 3. The molecule has 0 fully saturated rings. The molecule has 0 atom stereocenters. The van der Waals surface area contributed by atoms with E-state index >= 15 is 0 Å². The zero-order valence-electron chi connectivity index (χ0n) is 9.03. The highest BCUT2D eigenvalue weighted by molar-refractivity contribution is 8.04. The second-order valence-electron chi connectivity index (χ2n) is 3.47. The maximum atomic E-state index is 13.2. The fourth-order valence-electron chi connectivity index (χ4n) is 1.14. The second-order valence-corrected chi connectivity index (χ2v) is 6.34. The van der Waals surface area contributed by atoms with E-state index in [1.165, 1.54) is 0 Å². The number of alkyl halides is 3. The van der Waals surface area contributed by atoms with Crippen LogP contribution in [0.2, 0.25) is 0 Å². The van der Waals surface area contributed by atoms with Crippen LogP contribution in [0.5, 0.6) is 0 Å². The van der Waals surface area contributed by atoms with Crippen LogP contribution < -0.4 is 4.31 Å². The first-order chi connectivity index (χ1) is 7.38. The fraction of sp³-hybridized carbons (Fsp3) is 0.400. The predicted octanol–water partition coefficient (Wildman–Crippen LogP) is 3.72. The van der Waals surface area contributed by atoms with Gasteiger partial charge >= 0.3 is 3.92 Å². The minimum atomic E-state index is -2.33. The van der Waals surface area contributed by atoms with Crippen LogP contribution >= 0.6 is 35.1 Å². The molecule has 90 valence electrons. The minimum absolute atomic E-state index is 0.514. The Morgan fingerprint density at radius 2 is 1.81 bits per heavy atom. The molecule has 1 aromatic carbocycles. The first-order valence-electron chi connectivity index (χ1n) is 4.61. The Balaban J connectivity index is 2.80. The lowest BCUT2D eigenvalue weighted by atomic mass is 10.3. The van der Waals surface area contributed by atoms with Crippen molar-refractivity contribution >= 4 is 40.8 Å². The summed E-state index contributed by atoms with van der Waals surface area (Å²) < 4.78 is 12.6. The van der Waals surface area contributed by atoms with Crippen LogP contribution in [0.25, 0.3) is 0 Å². The van der Waals surface area contributed by atoms with Gasteiger partial charge in [0, 0.05) is 17.6 Å². The van der Waals surface area contributed by atoms with Crippen LogP contribution in [0.4, 0.5) is 10.1 Å². The van der Waals surface area contributed by atoms with Gasteiger partial charge in [-0.25, -0.2) is 0 Å². The molecule has 0 unspecified atom stereocenters. The Morgan fingerprint density at radius 3 is 2.25 bits per heavy atom. The molecule has 0 aliphatic heterocycles. The predicted molar refractivity (Wildman–Crippen MR) is 70.6 cm³/mol. The van der Waals surface area contributed by atoms with Crippen molar-refractivity contribution in [3.63, 3.8) is 0 Å². The molecule has 0 saturated carbocycles. The smallest absolute Gasteiger partial charge is 0.297 e. The van der Waals surface area contributed by atoms with E-state index in [9.17, 15) is 4.39 Å². The largest absolute Gasteiger partial charge is 0.323 e. The molecule has 0 bridgehead atoms. The van der Waals surface area contributed by atoms with Crippen LogP contribution in [0.15, 0.2) is 30.3 Å². The number of anilines is 1. The zero-order chi connectivity index (χ0) is 12.2. The van der Waals surface area contributed by atoms with Gasteiger partial charge < -0.3 is 0 Å². The van der Waals surface area contributed by atoms with E-state index in [4.69, 9.17) is 23.2 Å². The van der Waals surface area contributed by atoms with E-state index in [2.05, 4.69) is 0 Å². The molecular formula is C10H13Cl2FN2S. The van der Waals surface area contributed by atoms with E-state index in [1.807, 2.05) is 49.3 Å². The summed E-state index contributed by atoms with van der Waals surface area (Å²) in [5.74, 6) is 0. The SMILES string of the molecule is CN(C)CN(SC(F)(Cl)Cl)c1ccccc1. The summed E-state index contributed by atoms with van der Waals surface area (Å²) in [5, 5.41) is 0. The Kier molecular flexibility index (Phi) is 5.18. The molecular weight excluding hydrogens is 270 g/mol. The van der Waals surface area contributed by atoms with Crippen molar-refractivity contribution in [3.05, 3.63) is 30.3 Å². The lowest BCUT2D eigenvalue weighted by Crippen LogP contribution is -2.30. The number of nitrogens with zero attached hydrogens (tertiary/aromatic N) is 2. The zero-order valence-corrected chi connectivity index (χ0v) is 11.4. The molecule has 0 spiro atoms. The third kappa shape index (κ3) is 5.25. The van der Waals surface area contributed by atoms with Gasteiger partial charge in [0.15, 0.2) is 0 Å². The summed E-state index contributed by atoms with van der Waals surface area (Å²) in [5.41, 5.74) is 0.851. The van der Waals surface area contributed by atoms with Crippen molar-refractivity contribution in [2.24, 2.45) is 0 Å². The van der Waals surface area contributed by atoms with Gasteiger partial charge in [-0.15, -0.1) is 0 Å². The highest BCUT2D eigenvalue weighted by atomic mass is 35.5.